The number of amides is 1. The van der Waals surface area contributed by atoms with Crippen LogP contribution in [0.4, 0.5) is 0 Å². The highest BCUT2D eigenvalue weighted by molar-refractivity contribution is 5.83. The summed E-state index contributed by atoms with van der Waals surface area (Å²) in [7, 11) is 0. The molecule has 0 aromatic rings. The number of rotatable bonds is 41. The maximum absolute atomic E-state index is 12.8. The van der Waals surface area contributed by atoms with Crippen LogP contribution in [-0.2, 0) is 19.1 Å². The molecule has 0 spiro atoms. The van der Waals surface area contributed by atoms with E-state index in [1.54, 1.807) is 0 Å². The Kier molecular flexibility index (Phi) is 39.9. The Morgan fingerprint density at radius 2 is 1.02 bits per heavy atom. The summed E-state index contributed by atoms with van der Waals surface area (Å²) in [6, 6.07) is -0.865. The highest BCUT2D eigenvalue weighted by Gasteiger charge is 2.18. The van der Waals surface area contributed by atoms with Crippen molar-refractivity contribution in [3.05, 3.63) is 36.5 Å². The number of allylic oxidation sites excluding steroid dienone is 5. The van der Waals surface area contributed by atoms with Gasteiger partial charge in [-0.1, -0.05) is 179 Å². The minimum Gasteiger partial charge on any atom is -0.480 e. The van der Waals surface area contributed by atoms with Gasteiger partial charge in [0, 0.05) is 12.8 Å². The molecule has 2 unspecified atom stereocenters. The van der Waals surface area contributed by atoms with E-state index < -0.39 is 12.0 Å². The van der Waals surface area contributed by atoms with Gasteiger partial charge < -0.3 is 20.9 Å². The van der Waals surface area contributed by atoms with E-state index in [2.05, 4.69) is 55.6 Å². The molecule has 0 aromatic heterocycles. The smallest absolute Gasteiger partial charge is 0.326 e. The highest BCUT2D eigenvalue weighted by atomic mass is 16.5. The molecular weight excluding hydrogens is 673 g/mol. The van der Waals surface area contributed by atoms with Crippen LogP contribution < -0.4 is 11.1 Å². The SMILES string of the molecule is CCCCC/C=C\C/C=C\C/C=C\C(CCCCCCCC(=O)NC(CCCN)C(=O)O)OC(=O)CCCCCCCCCCCCCCCCCCC. The lowest BCUT2D eigenvalue weighted by atomic mass is 10.0. The molecule has 0 bridgehead atoms. The third-order valence-corrected chi connectivity index (χ3v) is 10.2. The van der Waals surface area contributed by atoms with Crippen molar-refractivity contribution in [3.63, 3.8) is 0 Å². The maximum Gasteiger partial charge on any atom is 0.326 e. The van der Waals surface area contributed by atoms with Crippen LogP contribution in [-0.4, -0.2) is 41.6 Å². The Balaban J connectivity index is 4.34. The number of carboxylic acids is 1. The van der Waals surface area contributed by atoms with Gasteiger partial charge in [-0.15, -0.1) is 0 Å². The maximum atomic E-state index is 12.8. The van der Waals surface area contributed by atoms with E-state index in [0.29, 0.717) is 32.2 Å². The summed E-state index contributed by atoms with van der Waals surface area (Å²) in [5, 5.41) is 11.9. The summed E-state index contributed by atoms with van der Waals surface area (Å²) in [6.45, 7) is 4.92. The number of hydrogen-bond donors (Lipinski definition) is 3. The summed E-state index contributed by atoms with van der Waals surface area (Å²) >= 11 is 0. The Morgan fingerprint density at radius 1 is 0.556 bits per heavy atom. The molecule has 4 N–H and O–H groups in total. The van der Waals surface area contributed by atoms with Crippen LogP contribution in [0.3, 0.4) is 0 Å². The second-order valence-electron chi connectivity index (χ2n) is 15.5. The van der Waals surface area contributed by atoms with Crippen LogP contribution in [0.25, 0.3) is 0 Å². The molecule has 7 nitrogen and oxygen atoms in total. The van der Waals surface area contributed by atoms with Gasteiger partial charge in [-0.2, -0.15) is 0 Å². The van der Waals surface area contributed by atoms with Gasteiger partial charge in [0.25, 0.3) is 0 Å². The average Bonchev–Trinajstić information content (AvgIpc) is 3.16. The zero-order valence-corrected chi connectivity index (χ0v) is 35.3. The quantitative estimate of drug-likeness (QED) is 0.0324. The number of hydrogen-bond acceptors (Lipinski definition) is 5. The van der Waals surface area contributed by atoms with Gasteiger partial charge in [0.2, 0.25) is 5.91 Å². The van der Waals surface area contributed by atoms with Crippen molar-refractivity contribution in [2.45, 2.75) is 238 Å². The average molecular weight is 759 g/mol. The number of nitrogens with two attached hydrogens (primary N) is 1. The highest BCUT2D eigenvalue weighted by Crippen LogP contribution is 2.16. The number of carbonyl (C=O) groups excluding carboxylic acids is 2. The number of carbonyl (C=O) groups is 3. The number of ether oxygens (including phenoxy) is 1. The largest absolute Gasteiger partial charge is 0.480 e. The van der Waals surface area contributed by atoms with Crippen LogP contribution in [0, 0.1) is 0 Å². The van der Waals surface area contributed by atoms with E-state index in [4.69, 9.17) is 10.5 Å². The van der Waals surface area contributed by atoms with Crippen molar-refractivity contribution < 1.29 is 24.2 Å². The molecule has 0 aliphatic heterocycles. The van der Waals surface area contributed by atoms with Gasteiger partial charge in [-0.25, -0.2) is 4.79 Å². The second kappa shape index (κ2) is 41.7. The number of unbranched alkanes of at least 4 members (excludes halogenated alkanes) is 23. The normalized spacial score (nSPS) is 12.9. The third kappa shape index (κ3) is 37.9. The fourth-order valence-corrected chi connectivity index (χ4v) is 6.73. The lowest BCUT2D eigenvalue weighted by Crippen LogP contribution is -2.40. The van der Waals surface area contributed by atoms with Gasteiger partial charge in [-0.05, 0) is 76.8 Å². The molecule has 0 saturated carbocycles. The first-order chi connectivity index (χ1) is 26.4. The Labute approximate surface area is 333 Å². The van der Waals surface area contributed by atoms with Crippen LogP contribution in [0.15, 0.2) is 36.5 Å². The standard InChI is InChI=1S/C47H86N2O5/c1-3-5-7-9-11-13-15-16-17-18-19-20-22-24-26-31-35-41-46(51)54-43(37-32-28-25-23-21-14-12-10-8-6-4-2)38-33-29-27-30-34-40-45(50)49-44(47(52)53)39-36-42-48/h12,14,23,25,32,37,43-44H,3-11,13,15-22,24,26-31,33-36,38-42,48H2,1-2H3,(H,49,50)(H,52,53)/b14-12-,25-23-,37-32-. The van der Waals surface area contributed by atoms with Gasteiger partial charge in [-0.3, -0.25) is 9.59 Å². The van der Waals surface area contributed by atoms with Gasteiger partial charge in [0.05, 0.1) is 0 Å². The summed E-state index contributed by atoms with van der Waals surface area (Å²) in [6.07, 6.45) is 49.2. The molecule has 0 radical (unpaired) electrons. The third-order valence-electron chi connectivity index (χ3n) is 10.2. The van der Waals surface area contributed by atoms with Crippen molar-refractivity contribution in [3.8, 4) is 0 Å². The van der Waals surface area contributed by atoms with E-state index >= 15 is 0 Å². The molecule has 0 heterocycles. The van der Waals surface area contributed by atoms with Crippen molar-refractivity contribution in [1.82, 2.24) is 5.32 Å². The summed E-state index contributed by atoms with van der Waals surface area (Å²) in [4.78, 5) is 36.3. The first kappa shape index (κ1) is 51.6. The molecule has 7 heteroatoms. The van der Waals surface area contributed by atoms with Crippen LogP contribution in [0.1, 0.15) is 226 Å². The first-order valence-corrected chi connectivity index (χ1v) is 22.8. The molecule has 2 atom stereocenters. The molecule has 0 rings (SSSR count). The molecule has 0 fully saturated rings. The van der Waals surface area contributed by atoms with E-state index in [-0.39, 0.29) is 18.0 Å². The van der Waals surface area contributed by atoms with Crippen LogP contribution >= 0.6 is 0 Å². The van der Waals surface area contributed by atoms with Crippen molar-refractivity contribution in [2.24, 2.45) is 5.73 Å². The number of aliphatic carboxylic acids is 1. The molecule has 1 amide bonds. The van der Waals surface area contributed by atoms with E-state index in [1.165, 1.54) is 116 Å². The van der Waals surface area contributed by atoms with Crippen molar-refractivity contribution in [2.75, 3.05) is 6.54 Å². The fraction of sp³-hybridized carbons (Fsp3) is 0.809. The Morgan fingerprint density at radius 3 is 1.56 bits per heavy atom. The van der Waals surface area contributed by atoms with E-state index in [0.717, 1.165) is 70.6 Å². The molecular formula is C47H86N2O5. The summed E-state index contributed by atoms with van der Waals surface area (Å²) in [5.74, 6) is -1.32. The van der Waals surface area contributed by atoms with Gasteiger partial charge in [0.1, 0.15) is 12.1 Å². The molecule has 0 aliphatic rings. The second-order valence-corrected chi connectivity index (χ2v) is 15.5. The number of carboxylic acid groups (broad SMARTS) is 1. The van der Waals surface area contributed by atoms with E-state index in [9.17, 15) is 19.5 Å². The van der Waals surface area contributed by atoms with Crippen molar-refractivity contribution >= 4 is 17.8 Å². The van der Waals surface area contributed by atoms with Crippen LogP contribution in [0.5, 0.6) is 0 Å². The van der Waals surface area contributed by atoms with Gasteiger partial charge >= 0.3 is 11.9 Å². The van der Waals surface area contributed by atoms with Crippen molar-refractivity contribution in [1.29, 1.82) is 0 Å². The predicted octanol–water partition coefficient (Wildman–Crippen LogP) is 13.0. The predicted molar refractivity (Wildman–Crippen MR) is 230 cm³/mol. The molecule has 0 saturated heterocycles. The monoisotopic (exact) mass is 759 g/mol. The zero-order chi connectivity index (χ0) is 39.6. The van der Waals surface area contributed by atoms with Crippen LogP contribution in [0.2, 0.25) is 0 Å². The number of esters is 1. The summed E-state index contributed by atoms with van der Waals surface area (Å²) in [5.41, 5.74) is 5.48. The Hall–Kier alpha value is -2.41. The lowest BCUT2D eigenvalue weighted by Gasteiger charge is -2.15. The summed E-state index contributed by atoms with van der Waals surface area (Å²) < 4.78 is 5.94. The minimum atomic E-state index is -1.01. The molecule has 54 heavy (non-hydrogen) atoms. The minimum absolute atomic E-state index is 0.0912. The zero-order valence-electron chi connectivity index (χ0n) is 35.3. The molecule has 0 aromatic carbocycles. The lowest BCUT2D eigenvalue weighted by molar-refractivity contribution is -0.147. The Bertz CT molecular complexity index is 946. The topological polar surface area (TPSA) is 119 Å². The molecule has 314 valence electrons. The number of nitrogens with one attached hydrogen (secondary N) is 1. The molecule has 0 aliphatic carbocycles. The first-order valence-electron chi connectivity index (χ1n) is 22.8. The van der Waals surface area contributed by atoms with E-state index in [1.807, 2.05) is 0 Å². The van der Waals surface area contributed by atoms with Gasteiger partial charge in [0.15, 0.2) is 0 Å². The fourth-order valence-electron chi connectivity index (χ4n) is 6.73.